The van der Waals surface area contributed by atoms with Crippen molar-refractivity contribution >= 4 is 23.3 Å². The van der Waals surface area contributed by atoms with Crippen molar-refractivity contribution < 1.29 is 9.18 Å². The Hall–Kier alpha value is -2.21. The summed E-state index contributed by atoms with van der Waals surface area (Å²) >= 11 is 5.72. The molecular formula is C15H14ClFN4O. The van der Waals surface area contributed by atoms with Crippen LogP contribution >= 0.6 is 11.6 Å². The summed E-state index contributed by atoms with van der Waals surface area (Å²) in [5.74, 6) is -0.603. The number of nitrogens with one attached hydrogen (secondary N) is 1. The molecule has 0 unspecified atom stereocenters. The Morgan fingerprint density at radius 2 is 2.09 bits per heavy atom. The third-order valence-electron chi connectivity index (χ3n) is 3.92. The lowest BCUT2D eigenvalue weighted by Crippen LogP contribution is -2.24. The van der Waals surface area contributed by atoms with E-state index in [9.17, 15) is 9.18 Å². The number of benzene rings is 1. The quantitative estimate of drug-likeness (QED) is 0.887. The highest BCUT2D eigenvalue weighted by Crippen LogP contribution is 2.49. The van der Waals surface area contributed by atoms with Crippen molar-refractivity contribution in [3.63, 3.8) is 0 Å². The molecule has 1 amide bonds. The van der Waals surface area contributed by atoms with E-state index in [2.05, 4.69) is 15.5 Å². The van der Waals surface area contributed by atoms with E-state index in [1.807, 2.05) is 6.07 Å². The van der Waals surface area contributed by atoms with Crippen LogP contribution in [0.2, 0.25) is 5.15 Å². The fraction of sp³-hybridized carbons (Fsp3) is 0.267. The Bertz CT molecular complexity index is 733. The van der Waals surface area contributed by atoms with E-state index in [0.717, 1.165) is 12.8 Å². The molecule has 2 aromatic rings. The van der Waals surface area contributed by atoms with Gasteiger partial charge in [0.1, 0.15) is 5.82 Å². The van der Waals surface area contributed by atoms with Crippen LogP contribution in [0.3, 0.4) is 0 Å². The maximum atomic E-state index is 14.0. The van der Waals surface area contributed by atoms with E-state index in [1.165, 1.54) is 12.1 Å². The lowest BCUT2D eigenvalue weighted by molar-refractivity contribution is 0.100. The molecule has 1 aromatic carbocycles. The van der Waals surface area contributed by atoms with Crippen LogP contribution in [0.15, 0.2) is 30.3 Å². The predicted molar refractivity (Wildman–Crippen MR) is 81.4 cm³/mol. The van der Waals surface area contributed by atoms with Gasteiger partial charge < -0.3 is 11.1 Å². The van der Waals surface area contributed by atoms with E-state index >= 15 is 0 Å². The first-order chi connectivity index (χ1) is 10.5. The SMILES string of the molecule is NC(=O)c1cc(Cl)nnc1NCC1(c2ccccc2F)CC1. The molecule has 1 aliphatic carbocycles. The number of nitrogens with zero attached hydrogens (tertiary/aromatic N) is 2. The Morgan fingerprint density at radius 3 is 2.73 bits per heavy atom. The van der Waals surface area contributed by atoms with Gasteiger partial charge in [-0.15, -0.1) is 10.2 Å². The van der Waals surface area contributed by atoms with Gasteiger partial charge in [-0.2, -0.15) is 0 Å². The third kappa shape index (κ3) is 2.74. The molecule has 0 atom stereocenters. The van der Waals surface area contributed by atoms with Crippen molar-refractivity contribution in [3.05, 3.63) is 52.4 Å². The smallest absolute Gasteiger partial charge is 0.252 e. The van der Waals surface area contributed by atoms with Gasteiger partial charge in [0.25, 0.3) is 5.91 Å². The van der Waals surface area contributed by atoms with Crippen LogP contribution in [-0.4, -0.2) is 22.6 Å². The average Bonchev–Trinajstić information content (AvgIpc) is 3.27. The molecular weight excluding hydrogens is 307 g/mol. The minimum atomic E-state index is -0.643. The summed E-state index contributed by atoms with van der Waals surface area (Å²) in [4.78, 5) is 11.4. The number of hydrogen-bond acceptors (Lipinski definition) is 4. The highest BCUT2D eigenvalue weighted by Gasteiger charge is 2.45. The summed E-state index contributed by atoms with van der Waals surface area (Å²) in [6.07, 6.45) is 1.74. The molecule has 1 fully saturated rings. The maximum Gasteiger partial charge on any atom is 0.252 e. The summed E-state index contributed by atoms with van der Waals surface area (Å²) < 4.78 is 14.0. The van der Waals surface area contributed by atoms with Crippen LogP contribution in [-0.2, 0) is 5.41 Å². The molecule has 1 saturated carbocycles. The van der Waals surface area contributed by atoms with Gasteiger partial charge in [0.15, 0.2) is 11.0 Å². The largest absolute Gasteiger partial charge is 0.367 e. The van der Waals surface area contributed by atoms with E-state index in [-0.39, 0.29) is 27.8 Å². The molecule has 114 valence electrons. The molecule has 1 aliphatic rings. The highest BCUT2D eigenvalue weighted by molar-refractivity contribution is 6.29. The molecule has 0 aliphatic heterocycles. The van der Waals surface area contributed by atoms with Crippen molar-refractivity contribution in [1.29, 1.82) is 0 Å². The number of carbonyl (C=O) groups excluding carboxylic acids is 1. The number of nitrogens with two attached hydrogens (primary N) is 1. The number of hydrogen-bond donors (Lipinski definition) is 2. The van der Waals surface area contributed by atoms with Gasteiger partial charge in [-0.05, 0) is 30.5 Å². The fourth-order valence-corrected chi connectivity index (χ4v) is 2.67. The zero-order valence-electron chi connectivity index (χ0n) is 11.6. The summed E-state index contributed by atoms with van der Waals surface area (Å²) in [6.45, 7) is 0.449. The third-order valence-corrected chi connectivity index (χ3v) is 4.11. The molecule has 3 N–H and O–H groups in total. The van der Waals surface area contributed by atoms with E-state index in [4.69, 9.17) is 17.3 Å². The zero-order valence-corrected chi connectivity index (χ0v) is 12.4. The Balaban J connectivity index is 1.82. The Labute approximate surface area is 131 Å². The van der Waals surface area contributed by atoms with Crippen LogP contribution in [0.4, 0.5) is 10.2 Å². The van der Waals surface area contributed by atoms with Crippen molar-refractivity contribution in [1.82, 2.24) is 10.2 Å². The second kappa shape index (κ2) is 5.53. The van der Waals surface area contributed by atoms with Crippen LogP contribution in [0, 0.1) is 5.82 Å². The lowest BCUT2D eigenvalue weighted by atomic mass is 9.95. The number of amides is 1. The number of primary amides is 1. The van der Waals surface area contributed by atoms with Crippen molar-refractivity contribution in [2.45, 2.75) is 18.3 Å². The topological polar surface area (TPSA) is 80.9 Å². The monoisotopic (exact) mass is 320 g/mol. The molecule has 7 heteroatoms. The fourth-order valence-electron chi connectivity index (χ4n) is 2.52. The predicted octanol–water partition coefficient (Wildman–Crippen LogP) is 2.51. The van der Waals surface area contributed by atoms with Crippen LogP contribution in [0.25, 0.3) is 0 Å². The molecule has 3 rings (SSSR count). The number of halogens is 2. The molecule has 0 radical (unpaired) electrons. The van der Waals surface area contributed by atoms with Gasteiger partial charge in [-0.3, -0.25) is 4.79 Å². The second-order valence-electron chi connectivity index (χ2n) is 5.41. The lowest BCUT2D eigenvalue weighted by Gasteiger charge is -2.18. The molecule has 0 spiro atoms. The van der Waals surface area contributed by atoms with E-state index in [1.54, 1.807) is 12.1 Å². The molecule has 1 heterocycles. The maximum absolute atomic E-state index is 14.0. The van der Waals surface area contributed by atoms with Crippen LogP contribution < -0.4 is 11.1 Å². The normalized spacial score (nSPS) is 15.4. The van der Waals surface area contributed by atoms with E-state index < -0.39 is 5.91 Å². The number of aromatic nitrogens is 2. The zero-order chi connectivity index (χ0) is 15.7. The van der Waals surface area contributed by atoms with Gasteiger partial charge in [0.2, 0.25) is 0 Å². The summed E-state index contributed by atoms with van der Waals surface area (Å²) in [5.41, 5.74) is 5.87. The number of anilines is 1. The molecule has 0 bridgehead atoms. The molecule has 22 heavy (non-hydrogen) atoms. The first-order valence-electron chi connectivity index (χ1n) is 6.84. The summed E-state index contributed by atoms with van der Waals surface area (Å²) in [7, 11) is 0. The van der Waals surface area contributed by atoms with Crippen molar-refractivity contribution in [2.24, 2.45) is 5.73 Å². The highest BCUT2D eigenvalue weighted by atomic mass is 35.5. The Morgan fingerprint density at radius 1 is 1.36 bits per heavy atom. The standard InChI is InChI=1S/C15H14ClFN4O/c16-12-7-9(13(18)22)14(21-20-12)19-8-15(5-6-15)10-3-1-2-4-11(10)17/h1-4,7H,5-6,8H2,(H2,18,22)(H,19,21). The minimum Gasteiger partial charge on any atom is -0.367 e. The van der Waals surface area contributed by atoms with Crippen LogP contribution in [0.1, 0.15) is 28.8 Å². The van der Waals surface area contributed by atoms with Gasteiger partial charge in [0, 0.05) is 12.0 Å². The van der Waals surface area contributed by atoms with Gasteiger partial charge >= 0.3 is 0 Å². The van der Waals surface area contributed by atoms with Crippen molar-refractivity contribution in [3.8, 4) is 0 Å². The molecule has 1 aromatic heterocycles. The van der Waals surface area contributed by atoms with Crippen molar-refractivity contribution in [2.75, 3.05) is 11.9 Å². The Kier molecular flexibility index (Phi) is 3.70. The van der Waals surface area contributed by atoms with Gasteiger partial charge in [0.05, 0.1) is 5.56 Å². The average molecular weight is 321 g/mol. The summed E-state index contributed by atoms with van der Waals surface area (Å²) in [6, 6.07) is 8.08. The number of rotatable bonds is 5. The first kappa shape index (κ1) is 14.7. The van der Waals surface area contributed by atoms with Gasteiger partial charge in [-0.1, -0.05) is 29.8 Å². The van der Waals surface area contributed by atoms with Gasteiger partial charge in [-0.25, -0.2) is 4.39 Å². The number of carbonyl (C=O) groups is 1. The molecule has 5 nitrogen and oxygen atoms in total. The van der Waals surface area contributed by atoms with E-state index in [0.29, 0.717) is 12.1 Å². The first-order valence-corrected chi connectivity index (χ1v) is 7.21. The summed E-state index contributed by atoms with van der Waals surface area (Å²) in [5, 5.41) is 10.7. The minimum absolute atomic E-state index is 0.0922. The van der Waals surface area contributed by atoms with Crippen LogP contribution in [0.5, 0.6) is 0 Å². The second-order valence-corrected chi connectivity index (χ2v) is 5.79. The molecule has 0 saturated heterocycles.